The molecule has 1 fully saturated rings. The van der Waals surface area contributed by atoms with Crippen LogP contribution in [0.25, 0.3) is 0 Å². The molecule has 1 aliphatic heterocycles. The first kappa shape index (κ1) is 19.6. The van der Waals surface area contributed by atoms with E-state index in [0.717, 1.165) is 24.0 Å². The second-order valence-corrected chi connectivity index (χ2v) is 6.85. The Kier molecular flexibility index (Phi) is 6.42. The van der Waals surface area contributed by atoms with Crippen molar-refractivity contribution in [3.05, 3.63) is 71.3 Å². The van der Waals surface area contributed by atoms with Gasteiger partial charge in [-0.15, -0.1) is 0 Å². The molecule has 6 nitrogen and oxygen atoms in total. The number of likely N-dealkylation sites (tertiary alicyclic amines) is 1. The maximum atomic E-state index is 13.0. The fourth-order valence-corrected chi connectivity index (χ4v) is 3.41. The van der Waals surface area contributed by atoms with Gasteiger partial charge in [0.2, 0.25) is 11.8 Å². The molecular weight excluding hydrogens is 354 g/mol. The fourth-order valence-electron chi connectivity index (χ4n) is 3.41. The summed E-state index contributed by atoms with van der Waals surface area (Å²) in [5.41, 5.74) is 2.27. The summed E-state index contributed by atoms with van der Waals surface area (Å²) < 4.78 is 0. The Labute approximate surface area is 164 Å². The quantitative estimate of drug-likeness (QED) is 0.809. The highest BCUT2D eigenvalue weighted by atomic mass is 16.2. The van der Waals surface area contributed by atoms with Crippen LogP contribution in [0.2, 0.25) is 0 Å². The predicted molar refractivity (Wildman–Crippen MR) is 106 cm³/mol. The molecule has 1 heterocycles. The lowest BCUT2D eigenvalue weighted by molar-refractivity contribution is -0.142. The van der Waals surface area contributed by atoms with Crippen molar-refractivity contribution in [1.29, 1.82) is 0 Å². The van der Waals surface area contributed by atoms with Crippen LogP contribution in [0.4, 0.5) is 0 Å². The van der Waals surface area contributed by atoms with E-state index in [1.165, 1.54) is 0 Å². The van der Waals surface area contributed by atoms with Crippen LogP contribution in [0.1, 0.15) is 46.8 Å². The highest BCUT2D eigenvalue weighted by Crippen LogP contribution is 2.26. The minimum Gasteiger partial charge on any atom is -0.355 e. The number of hydrogen-bond donors (Lipinski definition) is 2. The molecule has 1 unspecified atom stereocenters. The third kappa shape index (κ3) is 4.57. The first-order valence-electron chi connectivity index (χ1n) is 9.53. The van der Waals surface area contributed by atoms with Gasteiger partial charge in [0, 0.05) is 32.1 Å². The third-order valence-corrected chi connectivity index (χ3v) is 4.95. The van der Waals surface area contributed by atoms with Crippen molar-refractivity contribution in [2.24, 2.45) is 0 Å². The highest BCUT2D eigenvalue weighted by Gasteiger charge is 2.32. The second-order valence-electron chi connectivity index (χ2n) is 6.85. The van der Waals surface area contributed by atoms with Crippen molar-refractivity contribution in [3.8, 4) is 0 Å². The Morgan fingerprint density at radius 3 is 2.39 bits per heavy atom. The van der Waals surface area contributed by atoms with Gasteiger partial charge in [0.25, 0.3) is 5.91 Å². The average molecular weight is 379 g/mol. The van der Waals surface area contributed by atoms with Crippen LogP contribution in [0.15, 0.2) is 54.6 Å². The van der Waals surface area contributed by atoms with Gasteiger partial charge in [-0.05, 0) is 36.1 Å². The van der Waals surface area contributed by atoms with Crippen LogP contribution in [-0.4, -0.2) is 36.2 Å². The van der Waals surface area contributed by atoms with E-state index >= 15 is 0 Å². The maximum absolute atomic E-state index is 13.0. The SMILES string of the molecule is CNC(=O)c1ccc(CNC(=O)C(c2ccccc2)N2CCCCC2=O)cc1. The summed E-state index contributed by atoms with van der Waals surface area (Å²) in [5.74, 6) is -0.328. The molecule has 3 rings (SSSR count). The zero-order valence-electron chi connectivity index (χ0n) is 16.0. The molecule has 0 aromatic heterocycles. The molecule has 0 radical (unpaired) electrons. The van der Waals surface area contributed by atoms with E-state index in [2.05, 4.69) is 10.6 Å². The van der Waals surface area contributed by atoms with Crippen LogP contribution >= 0.6 is 0 Å². The van der Waals surface area contributed by atoms with Crippen molar-refractivity contribution in [1.82, 2.24) is 15.5 Å². The summed E-state index contributed by atoms with van der Waals surface area (Å²) in [5, 5.41) is 5.52. The van der Waals surface area contributed by atoms with Crippen molar-refractivity contribution in [3.63, 3.8) is 0 Å². The number of hydrogen-bond acceptors (Lipinski definition) is 3. The number of nitrogens with one attached hydrogen (secondary N) is 2. The molecule has 2 N–H and O–H groups in total. The summed E-state index contributed by atoms with van der Waals surface area (Å²) in [4.78, 5) is 38.7. The Bertz CT molecular complexity index is 834. The number of amides is 3. The van der Waals surface area contributed by atoms with Crippen molar-refractivity contribution in [2.75, 3.05) is 13.6 Å². The molecular formula is C22H25N3O3. The van der Waals surface area contributed by atoms with E-state index < -0.39 is 6.04 Å². The molecule has 0 saturated carbocycles. The lowest BCUT2D eigenvalue weighted by Crippen LogP contribution is -2.45. The summed E-state index contributed by atoms with van der Waals surface area (Å²) in [7, 11) is 1.59. The van der Waals surface area contributed by atoms with Crippen molar-refractivity contribution in [2.45, 2.75) is 31.8 Å². The monoisotopic (exact) mass is 379 g/mol. The van der Waals surface area contributed by atoms with E-state index in [4.69, 9.17) is 0 Å². The first-order chi connectivity index (χ1) is 13.6. The first-order valence-corrected chi connectivity index (χ1v) is 9.53. The molecule has 2 aromatic rings. The molecule has 1 atom stereocenters. The molecule has 3 amide bonds. The Morgan fingerprint density at radius 2 is 1.75 bits per heavy atom. The van der Waals surface area contributed by atoms with Gasteiger partial charge in [0.1, 0.15) is 6.04 Å². The van der Waals surface area contributed by atoms with E-state index in [1.807, 2.05) is 42.5 Å². The molecule has 6 heteroatoms. The maximum Gasteiger partial charge on any atom is 0.251 e. The van der Waals surface area contributed by atoms with Crippen molar-refractivity contribution < 1.29 is 14.4 Å². The van der Waals surface area contributed by atoms with Gasteiger partial charge < -0.3 is 15.5 Å². The summed E-state index contributed by atoms with van der Waals surface area (Å²) >= 11 is 0. The summed E-state index contributed by atoms with van der Waals surface area (Å²) in [6.07, 6.45) is 2.26. The van der Waals surface area contributed by atoms with E-state index in [9.17, 15) is 14.4 Å². The van der Waals surface area contributed by atoms with Gasteiger partial charge in [-0.1, -0.05) is 42.5 Å². The lowest BCUT2D eigenvalue weighted by atomic mass is 10.0. The fraction of sp³-hybridized carbons (Fsp3) is 0.318. The Hall–Kier alpha value is -3.15. The van der Waals surface area contributed by atoms with Gasteiger partial charge in [-0.3, -0.25) is 14.4 Å². The van der Waals surface area contributed by atoms with Gasteiger partial charge in [0.05, 0.1) is 0 Å². The lowest BCUT2D eigenvalue weighted by Gasteiger charge is -2.34. The van der Waals surface area contributed by atoms with E-state index in [1.54, 1.807) is 24.1 Å². The van der Waals surface area contributed by atoms with Gasteiger partial charge in [-0.2, -0.15) is 0 Å². The number of rotatable bonds is 6. The molecule has 28 heavy (non-hydrogen) atoms. The standard InChI is InChI=1S/C22H25N3O3/c1-23-21(27)18-12-10-16(11-13-18)15-24-22(28)20(17-7-3-2-4-8-17)25-14-6-5-9-19(25)26/h2-4,7-8,10-13,20H,5-6,9,14-15H2,1H3,(H,23,27)(H,24,28). The van der Waals surface area contributed by atoms with Gasteiger partial charge >= 0.3 is 0 Å². The van der Waals surface area contributed by atoms with Crippen molar-refractivity contribution >= 4 is 17.7 Å². The summed E-state index contributed by atoms with van der Waals surface area (Å²) in [6, 6.07) is 15.9. The molecule has 2 aromatic carbocycles. The van der Waals surface area contributed by atoms with Gasteiger partial charge in [0.15, 0.2) is 0 Å². The zero-order chi connectivity index (χ0) is 19.9. The predicted octanol–water partition coefficient (Wildman–Crippen LogP) is 2.42. The largest absolute Gasteiger partial charge is 0.355 e. The smallest absolute Gasteiger partial charge is 0.251 e. The minimum absolute atomic E-state index is 0.0187. The Balaban J connectivity index is 1.72. The molecule has 0 spiro atoms. The average Bonchev–Trinajstić information content (AvgIpc) is 2.74. The molecule has 1 aliphatic rings. The number of carbonyl (C=O) groups is 3. The van der Waals surface area contributed by atoms with E-state index in [0.29, 0.717) is 25.1 Å². The van der Waals surface area contributed by atoms with Crippen LogP contribution < -0.4 is 10.6 Å². The molecule has 1 saturated heterocycles. The number of nitrogens with zero attached hydrogens (tertiary/aromatic N) is 1. The number of carbonyl (C=O) groups excluding carboxylic acids is 3. The molecule has 0 aliphatic carbocycles. The van der Waals surface area contributed by atoms with Crippen LogP contribution in [0.3, 0.4) is 0 Å². The molecule has 0 bridgehead atoms. The zero-order valence-corrected chi connectivity index (χ0v) is 16.0. The summed E-state index contributed by atoms with van der Waals surface area (Å²) in [6.45, 7) is 0.921. The van der Waals surface area contributed by atoms with E-state index in [-0.39, 0.29) is 17.7 Å². The second kappa shape index (κ2) is 9.17. The number of piperidine rings is 1. The van der Waals surface area contributed by atoms with Crippen LogP contribution in [0, 0.1) is 0 Å². The third-order valence-electron chi connectivity index (χ3n) is 4.95. The van der Waals surface area contributed by atoms with Crippen LogP contribution in [0.5, 0.6) is 0 Å². The minimum atomic E-state index is -0.626. The highest BCUT2D eigenvalue weighted by molar-refractivity contribution is 5.94. The molecule has 146 valence electrons. The normalized spacial score (nSPS) is 15.0. The van der Waals surface area contributed by atoms with Crippen LogP contribution in [-0.2, 0) is 16.1 Å². The number of benzene rings is 2. The van der Waals surface area contributed by atoms with Gasteiger partial charge in [-0.25, -0.2) is 0 Å². The topological polar surface area (TPSA) is 78.5 Å². The Morgan fingerprint density at radius 1 is 1.04 bits per heavy atom.